The van der Waals surface area contributed by atoms with Gasteiger partial charge in [0.2, 0.25) is 0 Å². The molecule has 0 aliphatic carbocycles. The number of ether oxygens (including phenoxy) is 1. The fourth-order valence-corrected chi connectivity index (χ4v) is 1.50. The van der Waals surface area contributed by atoms with Crippen LogP contribution in [-0.4, -0.2) is 16.9 Å². The van der Waals surface area contributed by atoms with Gasteiger partial charge in [-0.3, -0.25) is 0 Å². The highest BCUT2D eigenvalue weighted by atomic mass is 16.5. The lowest BCUT2D eigenvalue weighted by molar-refractivity contribution is 0.414. The molecule has 0 fully saturated rings. The molecular formula is C12H11N3O. The third kappa shape index (κ3) is 1.63. The zero-order chi connectivity index (χ0) is 11.5. The van der Waals surface area contributed by atoms with E-state index in [0.717, 1.165) is 17.1 Å². The van der Waals surface area contributed by atoms with E-state index < -0.39 is 0 Å². The van der Waals surface area contributed by atoms with Gasteiger partial charge in [0.25, 0.3) is 0 Å². The Labute approximate surface area is 93.7 Å². The first-order valence-electron chi connectivity index (χ1n) is 4.85. The number of rotatable bonds is 2. The second kappa shape index (κ2) is 4.07. The smallest absolute Gasteiger partial charge is 0.119 e. The molecule has 1 aromatic heterocycles. The predicted octanol–water partition coefficient (Wildman–Crippen LogP) is 2.06. The largest absolute Gasteiger partial charge is 0.497 e. The number of benzene rings is 1. The molecule has 0 N–H and O–H groups in total. The van der Waals surface area contributed by atoms with Gasteiger partial charge in [0.1, 0.15) is 11.8 Å². The third-order valence-electron chi connectivity index (χ3n) is 2.45. The summed E-state index contributed by atoms with van der Waals surface area (Å²) >= 11 is 0. The molecule has 80 valence electrons. The molecule has 0 spiro atoms. The van der Waals surface area contributed by atoms with Gasteiger partial charge >= 0.3 is 0 Å². The molecule has 4 nitrogen and oxygen atoms in total. The highest BCUT2D eigenvalue weighted by Gasteiger charge is 2.06. The Morgan fingerprint density at radius 2 is 2.00 bits per heavy atom. The maximum absolute atomic E-state index is 8.84. The average molecular weight is 213 g/mol. The van der Waals surface area contributed by atoms with Crippen LogP contribution in [0.1, 0.15) is 11.3 Å². The summed E-state index contributed by atoms with van der Waals surface area (Å²) in [4.78, 5) is 0. The highest BCUT2D eigenvalue weighted by Crippen LogP contribution is 2.17. The zero-order valence-electron chi connectivity index (χ0n) is 9.14. The lowest BCUT2D eigenvalue weighted by Gasteiger charge is -2.05. The lowest BCUT2D eigenvalue weighted by Crippen LogP contribution is -1.98. The third-order valence-corrected chi connectivity index (χ3v) is 2.45. The summed E-state index contributed by atoms with van der Waals surface area (Å²) in [6, 6.07) is 9.63. The molecule has 0 atom stereocenters. The number of aromatic nitrogens is 2. The van der Waals surface area contributed by atoms with Crippen LogP contribution in [0, 0.1) is 18.3 Å². The Morgan fingerprint density at radius 3 is 2.50 bits per heavy atom. The molecule has 0 saturated heterocycles. The summed E-state index contributed by atoms with van der Waals surface area (Å²) in [7, 11) is 1.63. The van der Waals surface area contributed by atoms with E-state index in [2.05, 4.69) is 11.2 Å². The van der Waals surface area contributed by atoms with E-state index in [4.69, 9.17) is 10.00 Å². The van der Waals surface area contributed by atoms with Crippen LogP contribution >= 0.6 is 0 Å². The van der Waals surface area contributed by atoms with Crippen LogP contribution in [-0.2, 0) is 0 Å². The van der Waals surface area contributed by atoms with E-state index >= 15 is 0 Å². The van der Waals surface area contributed by atoms with Gasteiger partial charge in [-0.25, -0.2) is 4.68 Å². The molecule has 0 amide bonds. The molecule has 16 heavy (non-hydrogen) atoms. The van der Waals surface area contributed by atoms with Crippen LogP contribution in [0.5, 0.6) is 5.75 Å². The van der Waals surface area contributed by atoms with Gasteiger partial charge in [-0.05, 0) is 31.2 Å². The Kier molecular flexibility index (Phi) is 2.61. The molecular weight excluding hydrogens is 202 g/mol. The van der Waals surface area contributed by atoms with Gasteiger partial charge in [-0.1, -0.05) is 0 Å². The summed E-state index contributed by atoms with van der Waals surface area (Å²) in [5, 5.41) is 13.0. The Morgan fingerprint density at radius 1 is 1.31 bits per heavy atom. The van der Waals surface area contributed by atoms with Crippen molar-refractivity contribution in [2.24, 2.45) is 0 Å². The van der Waals surface area contributed by atoms with Gasteiger partial charge in [0.15, 0.2) is 0 Å². The SMILES string of the molecule is COc1ccc(-n2ncc(C#N)c2C)cc1. The van der Waals surface area contributed by atoms with E-state index in [9.17, 15) is 0 Å². The van der Waals surface area contributed by atoms with Crippen LogP contribution in [0.25, 0.3) is 5.69 Å². The minimum atomic E-state index is 0.593. The Hall–Kier alpha value is -2.28. The van der Waals surface area contributed by atoms with Crippen molar-refractivity contribution in [3.8, 4) is 17.5 Å². The quantitative estimate of drug-likeness (QED) is 0.767. The van der Waals surface area contributed by atoms with Crippen LogP contribution in [0.3, 0.4) is 0 Å². The number of hydrogen-bond donors (Lipinski definition) is 0. The van der Waals surface area contributed by atoms with Crippen molar-refractivity contribution in [3.63, 3.8) is 0 Å². The van der Waals surface area contributed by atoms with E-state index in [1.165, 1.54) is 0 Å². The summed E-state index contributed by atoms with van der Waals surface area (Å²) in [5.41, 5.74) is 2.35. The summed E-state index contributed by atoms with van der Waals surface area (Å²) in [5.74, 6) is 0.800. The van der Waals surface area contributed by atoms with Gasteiger partial charge in [0, 0.05) is 0 Å². The van der Waals surface area contributed by atoms with Crippen molar-refractivity contribution in [1.29, 1.82) is 5.26 Å². The standard InChI is InChI=1S/C12H11N3O/c1-9-10(7-13)8-14-15(9)11-3-5-12(16-2)6-4-11/h3-6,8H,1-2H3. The molecule has 4 heteroatoms. The molecule has 2 aromatic rings. The maximum Gasteiger partial charge on any atom is 0.119 e. The van der Waals surface area contributed by atoms with E-state index in [1.807, 2.05) is 31.2 Å². The van der Waals surface area contributed by atoms with Crippen LogP contribution in [0.2, 0.25) is 0 Å². The molecule has 1 aromatic carbocycles. The normalized spacial score (nSPS) is 9.81. The summed E-state index contributed by atoms with van der Waals surface area (Å²) < 4.78 is 6.81. The van der Waals surface area contributed by atoms with Crippen molar-refractivity contribution < 1.29 is 4.74 Å². The van der Waals surface area contributed by atoms with E-state index in [1.54, 1.807) is 18.0 Å². The van der Waals surface area contributed by atoms with Crippen molar-refractivity contribution >= 4 is 0 Å². The average Bonchev–Trinajstić information content (AvgIpc) is 2.70. The molecule has 0 radical (unpaired) electrons. The number of nitriles is 1. The van der Waals surface area contributed by atoms with Crippen molar-refractivity contribution in [1.82, 2.24) is 9.78 Å². The Bertz CT molecular complexity index is 534. The fraction of sp³-hybridized carbons (Fsp3) is 0.167. The van der Waals surface area contributed by atoms with Gasteiger partial charge < -0.3 is 4.74 Å². The minimum Gasteiger partial charge on any atom is -0.497 e. The first-order valence-corrected chi connectivity index (χ1v) is 4.85. The fourth-order valence-electron chi connectivity index (χ4n) is 1.50. The van der Waals surface area contributed by atoms with Gasteiger partial charge in [0.05, 0.1) is 30.3 Å². The minimum absolute atomic E-state index is 0.593. The number of methoxy groups -OCH3 is 1. The van der Waals surface area contributed by atoms with Gasteiger partial charge in [-0.15, -0.1) is 0 Å². The molecule has 1 heterocycles. The molecule has 0 saturated carbocycles. The van der Waals surface area contributed by atoms with E-state index in [0.29, 0.717) is 5.56 Å². The zero-order valence-corrected chi connectivity index (χ0v) is 9.14. The second-order valence-corrected chi connectivity index (χ2v) is 3.37. The molecule has 0 aliphatic rings. The summed E-state index contributed by atoms with van der Waals surface area (Å²) in [6.07, 6.45) is 1.57. The van der Waals surface area contributed by atoms with Gasteiger partial charge in [-0.2, -0.15) is 10.4 Å². The first kappa shape index (κ1) is 10.2. The maximum atomic E-state index is 8.84. The van der Waals surface area contributed by atoms with Crippen molar-refractivity contribution in [2.45, 2.75) is 6.92 Å². The van der Waals surface area contributed by atoms with Crippen LogP contribution in [0.4, 0.5) is 0 Å². The Balaban J connectivity index is 2.43. The van der Waals surface area contributed by atoms with Crippen molar-refractivity contribution in [3.05, 3.63) is 41.7 Å². The molecule has 0 aliphatic heterocycles. The second-order valence-electron chi connectivity index (χ2n) is 3.37. The number of hydrogen-bond acceptors (Lipinski definition) is 3. The monoisotopic (exact) mass is 213 g/mol. The topological polar surface area (TPSA) is 50.8 Å². The molecule has 0 bridgehead atoms. The first-order chi connectivity index (χ1) is 7.76. The van der Waals surface area contributed by atoms with E-state index in [-0.39, 0.29) is 0 Å². The van der Waals surface area contributed by atoms with Crippen LogP contribution in [0.15, 0.2) is 30.5 Å². The summed E-state index contributed by atoms with van der Waals surface area (Å²) in [6.45, 7) is 1.87. The van der Waals surface area contributed by atoms with Crippen LogP contribution < -0.4 is 4.74 Å². The van der Waals surface area contributed by atoms with Crippen molar-refractivity contribution in [2.75, 3.05) is 7.11 Å². The lowest BCUT2D eigenvalue weighted by atomic mass is 10.2. The molecule has 2 rings (SSSR count). The number of nitrogens with zero attached hydrogens (tertiary/aromatic N) is 3. The molecule has 0 unspecified atom stereocenters. The highest BCUT2D eigenvalue weighted by molar-refractivity contribution is 5.41. The predicted molar refractivity (Wildman–Crippen MR) is 59.6 cm³/mol.